The van der Waals surface area contributed by atoms with E-state index < -0.39 is 41.7 Å². The molecule has 22 heavy (non-hydrogen) atoms. The fourth-order valence-electron chi connectivity index (χ4n) is 1.69. The predicted molar refractivity (Wildman–Crippen MR) is 86.1 cm³/mol. The molecule has 0 radical (unpaired) electrons. The van der Waals surface area contributed by atoms with Gasteiger partial charge < -0.3 is 10.5 Å². The highest BCUT2D eigenvalue weighted by molar-refractivity contribution is 5.90. The minimum absolute atomic E-state index is 0.0723. The molecule has 0 aromatic heterocycles. The third-order valence-corrected chi connectivity index (χ3v) is 2.57. The second-order valence-electron chi connectivity index (χ2n) is 5.62. The summed E-state index contributed by atoms with van der Waals surface area (Å²) in [5.41, 5.74) is 5.84. The van der Waals surface area contributed by atoms with Crippen LogP contribution in [0.5, 0.6) is 0 Å². The van der Waals surface area contributed by atoms with Gasteiger partial charge in [0.2, 0.25) is 0 Å². The van der Waals surface area contributed by atoms with Crippen molar-refractivity contribution in [3.63, 3.8) is 0 Å². The Hall–Kier alpha value is -2.56. The lowest BCUT2D eigenvalue weighted by Crippen LogP contribution is -2.27. The highest BCUT2D eigenvalue weighted by Gasteiger charge is 2.17. The Balaban J connectivity index is 2.41. The maximum absolute atomic E-state index is 13.7. The van der Waals surface area contributed by atoms with E-state index in [0.717, 1.165) is 0 Å². The Morgan fingerprint density at radius 3 is 2.41 bits per heavy atom. The van der Waals surface area contributed by atoms with Gasteiger partial charge in [0.15, 0.2) is 0 Å². The molecule has 5 heteroatoms. The normalized spacial score (nSPS) is 13.6. The lowest BCUT2D eigenvalue weighted by molar-refractivity contribution is 0.0636. The van der Waals surface area contributed by atoms with Crippen LogP contribution in [0.15, 0.2) is 42.4 Å². The minimum atomic E-state index is -1.21. The molecular weight excluding hydrogens is 283 g/mol. The van der Waals surface area contributed by atoms with Gasteiger partial charge in [0.25, 0.3) is 0 Å². The number of nitrogens with one attached hydrogen (secondary N) is 1. The number of hydrogen-bond acceptors (Lipinski definition) is 3. The molecule has 2 aromatic rings. The van der Waals surface area contributed by atoms with Crippen LogP contribution in [0.3, 0.4) is 0 Å². The number of carbonyl (C=O) groups excluding carboxylic acids is 1. The molecule has 4 nitrogen and oxygen atoms in total. The first kappa shape index (κ1) is 11.1. The van der Waals surface area contributed by atoms with E-state index in [2.05, 4.69) is 5.32 Å². The zero-order valence-electron chi connectivity index (χ0n) is 16.5. The molecule has 0 aliphatic carbocycles. The first-order valence-electron chi connectivity index (χ1n) is 8.58. The molecule has 0 saturated heterocycles. The largest absolute Gasteiger partial charge is 0.444 e. The smallest absolute Gasteiger partial charge is 0.412 e. The standard InChI is InChI=1S/C17H19FN2O2/c1-17(2,3)22-16(21)20-15-9-6-12(10-14(15)19)11-4-7-13(18)8-5-11/h4-10H,19H2,1-3H3,(H,20,21)/i4D,5D,7D,8D. The van der Waals surface area contributed by atoms with Gasteiger partial charge in [-0.05, 0) is 56.1 Å². The lowest BCUT2D eigenvalue weighted by Gasteiger charge is -2.20. The van der Waals surface area contributed by atoms with Gasteiger partial charge in [0.05, 0.1) is 16.9 Å². The molecule has 0 unspecified atom stereocenters. The summed E-state index contributed by atoms with van der Waals surface area (Å²) in [6.07, 6.45) is -0.692. The molecule has 0 fully saturated rings. The molecule has 0 aliphatic heterocycles. The van der Waals surface area contributed by atoms with Crippen molar-refractivity contribution in [2.24, 2.45) is 0 Å². The Morgan fingerprint density at radius 2 is 1.86 bits per heavy atom. The summed E-state index contributed by atoms with van der Waals surface area (Å²) in [6, 6.07) is 1.78. The number of nitrogens with two attached hydrogens (primary N) is 1. The highest BCUT2D eigenvalue weighted by atomic mass is 19.1. The molecule has 3 N–H and O–H groups in total. The number of halogens is 1. The van der Waals surface area contributed by atoms with Crippen LogP contribution in [0.1, 0.15) is 26.3 Å². The fourth-order valence-corrected chi connectivity index (χ4v) is 1.69. The molecule has 116 valence electrons. The summed E-state index contributed by atoms with van der Waals surface area (Å²) >= 11 is 0. The number of ether oxygens (including phenoxy) is 1. The average Bonchev–Trinajstić information content (AvgIpc) is 2.52. The number of anilines is 2. The molecule has 0 bridgehead atoms. The fraction of sp³-hybridized carbons (Fsp3) is 0.235. The highest BCUT2D eigenvalue weighted by Crippen LogP contribution is 2.27. The number of hydrogen-bond donors (Lipinski definition) is 2. The van der Waals surface area contributed by atoms with E-state index in [1.807, 2.05) is 0 Å². The van der Waals surface area contributed by atoms with E-state index in [-0.39, 0.29) is 22.5 Å². The summed E-state index contributed by atoms with van der Waals surface area (Å²) in [5.74, 6) is -1.21. The van der Waals surface area contributed by atoms with Crippen LogP contribution < -0.4 is 11.1 Å². The van der Waals surface area contributed by atoms with Crippen LogP contribution in [-0.2, 0) is 4.74 Å². The molecule has 0 saturated carbocycles. The van der Waals surface area contributed by atoms with E-state index in [4.69, 9.17) is 16.0 Å². The van der Waals surface area contributed by atoms with Gasteiger partial charge in [-0.15, -0.1) is 0 Å². The van der Waals surface area contributed by atoms with Crippen molar-refractivity contribution in [2.45, 2.75) is 26.4 Å². The van der Waals surface area contributed by atoms with Crippen molar-refractivity contribution in [3.8, 4) is 11.1 Å². The summed E-state index contributed by atoms with van der Waals surface area (Å²) in [7, 11) is 0. The van der Waals surface area contributed by atoms with Crippen molar-refractivity contribution < 1.29 is 19.4 Å². The Bertz CT molecular complexity index is 853. The van der Waals surface area contributed by atoms with Crippen LogP contribution in [0.2, 0.25) is 0 Å². The van der Waals surface area contributed by atoms with Crippen molar-refractivity contribution in [1.29, 1.82) is 0 Å². The number of nitrogen functional groups attached to an aromatic ring is 1. The van der Waals surface area contributed by atoms with Crippen LogP contribution in [0, 0.1) is 5.82 Å². The van der Waals surface area contributed by atoms with Crippen LogP contribution in [0.4, 0.5) is 20.6 Å². The zero-order valence-corrected chi connectivity index (χ0v) is 12.5. The first-order chi connectivity index (χ1) is 11.9. The van der Waals surface area contributed by atoms with Crippen molar-refractivity contribution >= 4 is 17.5 Å². The van der Waals surface area contributed by atoms with Crippen molar-refractivity contribution in [2.75, 3.05) is 11.1 Å². The van der Waals surface area contributed by atoms with Gasteiger partial charge in [0, 0.05) is 0 Å². The van der Waals surface area contributed by atoms with Gasteiger partial charge in [-0.1, -0.05) is 18.2 Å². The SMILES string of the molecule is [2H]c1c([2H])c(-c2ccc(NC(=O)OC(C)(C)C)c(N)c2)c([2H])c([2H])c1F. The van der Waals surface area contributed by atoms with Crippen LogP contribution in [0.25, 0.3) is 11.1 Å². The van der Waals surface area contributed by atoms with E-state index in [1.165, 1.54) is 18.2 Å². The molecule has 0 spiro atoms. The summed E-state index contributed by atoms with van der Waals surface area (Å²) in [6.45, 7) is 5.15. The molecule has 0 aliphatic rings. The van der Waals surface area contributed by atoms with Crippen molar-refractivity contribution in [3.05, 3.63) is 48.2 Å². The summed E-state index contributed by atoms with van der Waals surface area (Å²) < 4.78 is 49.7. The first-order valence-corrected chi connectivity index (χ1v) is 6.58. The third-order valence-electron chi connectivity index (χ3n) is 2.57. The maximum Gasteiger partial charge on any atom is 0.412 e. The summed E-state index contributed by atoms with van der Waals surface area (Å²) in [4.78, 5) is 11.8. The Morgan fingerprint density at radius 1 is 1.23 bits per heavy atom. The van der Waals surface area contributed by atoms with Gasteiger partial charge in [-0.25, -0.2) is 9.18 Å². The van der Waals surface area contributed by atoms with Crippen LogP contribution >= 0.6 is 0 Å². The van der Waals surface area contributed by atoms with Gasteiger partial charge in [-0.3, -0.25) is 5.32 Å². The molecule has 0 heterocycles. The topological polar surface area (TPSA) is 64.3 Å². The molecule has 0 atom stereocenters. The molecule has 2 aromatic carbocycles. The maximum atomic E-state index is 13.7. The number of rotatable bonds is 2. The second kappa shape index (κ2) is 6.05. The quantitative estimate of drug-likeness (QED) is 0.807. The monoisotopic (exact) mass is 306 g/mol. The molecular formula is C17H19FN2O2. The Kier molecular flexibility index (Phi) is 3.04. The van der Waals surface area contributed by atoms with Gasteiger partial charge in [0.1, 0.15) is 11.4 Å². The number of amides is 1. The second-order valence-corrected chi connectivity index (χ2v) is 5.62. The zero-order chi connectivity index (χ0) is 19.8. The summed E-state index contributed by atoms with van der Waals surface area (Å²) in [5, 5.41) is 2.49. The van der Waals surface area contributed by atoms with E-state index in [0.29, 0.717) is 0 Å². The molecule has 1 amide bonds. The van der Waals surface area contributed by atoms with E-state index >= 15 is 0 Å². The van der Waals surface area contributed by atoms with Gasteiger partial charge >= 0.3 is 6.09 Å². The third kappa shape index (κ3) is 4.22. The van der Waals surface area contributed by atoms with E-state index in [9.17, 15) is 9.18 Å². The number of carbonyl (C=O) groups is 1. The minimum Gasteiger partial charge on any atom is -0.444 e. The Labute approximate surface area is 134 Å². The average molecular weight is 306 g/mol. The van der Waals surface area contributed by atoms with E-state index in [1.54, 1.807) is 20.8 Å². The van der Waals surface area contributed by atoms with Crippen molar-refractivity contribution in [1.82, 2.24) is 0 Å². The van der Waals surface area contributed by atoms with Crippen LogP contribution in [-0.4, -0.2) is 11.7 Å². The lowest BCUT2D eigenvalue weighted by atomic mass is 10.0. The number of benzene rings is 2. The predicted octanol–water partition coefficient (Wildman–Crippen LogP) is 4.42. The van der Waals surface area contributed by atoms with Gasteiger partial charge in [-0.2, -0.15) is 0 Å². The molecule has 2 rings (SSSR count).